The fourth-order valence-corrected chi connectivity index (χ4v) is 3.20. The van der Waals surface area contributed by atoms with E-state index in [1.165, 1.54) is 21.6 Å². The second-order valence-corrected chi connectivity index (χ2v) is 5.88. The van der Waals surface area contributed by atoms with Crippen LogP contribution in [0, 0.1) is 0 Å². The summed E-state index contributed by atoms with van der Waals surface area (Å²) in [6.45, 7) is 0. The van der Waals surface area contributed by atoms with Crippen LogP contribution in [-0.2, 0) is 9.59 Å². The number of likely N-dealkylation sites (N-methyl/N-ethyl adjacent to an activating group) is 1. The number of nitrogens with two attached hydrogens (primary N) is 1. The van der Waals surface area contributed by atoms with E-state index in [1.54, 1.807) is 19.0 Å². The maximum atomic E-state index is 10.8. The summed E-state index contributed by atoms with van der Waals surface area (Å²) in [7, 11) is 5.96. The van der Waals surface area contributed by atoms with Gasteiger partial charge in [-0.3, -0.25) is 14.5 Å². The van der Waals surface area contributed by atoms with Crippen molar-refractivity contribution >= 4 is 33.5 Å². The Hall–Kier alpha value is -0.440. The Morgan fingerprint density at radius 2 is 1.69 bits per heavy atom. The van der Waals surface area contributed by atoms with Gasteiger partial charge in [-0.05, 0) is 14.1 Å². The van der Waals surface area contributed by atoms with Crippen LogP contribution in [0.15, 0.2) is 0 Å². The molecule has 4 N–H and O–H groups in total. The zero-order chi connectivity index (χ0) is 12.7. The lowest BCUT2D eigenvalue weighted by Crippen LogP contribution is -2.37. The summed E-state index contributed by atoms with van der Waals surface area (Å²) in [5, 5.41) is 17.4. The molecule has 0 aliphatic rings. The van der Waals surface area contributed by atoms with E-state index < -0.39 is 24.0 Å². The van der Waals surface area contributed by atoms with E-state index >= 15 is 0 Å². The minimum absolute atomic E-state index is 0.264. The Bertz CT molecular complexity index is 250. The van der Waals surface area contributed by atoms with Crippen LogP contribution in [0.1, 0.15) is 0 Å². The van der Waals surface area contributed by atoms with Gasteiger partial charge in [0.1, 0.15) is 12.1 Å². The van der Waals surface area contributed by atoms with Crippen LogP contribution >= 0.6 is 21.6 Å². The van der Waals surface area contributed by atoms with Crippen molar-refractivity contribution in [2.75, 3.05) is 25.6 Å². The molecule has 0 amide bonds. The number of hydrogen-bond acceptors (Lipinski definition) is 6. The maximum Gasteiger partial charge on any atom is 0.321 e. The number of carboxylic acids is 2. The van der Waals surface area contributed by atoms with E-state index in [1.807, 2.05) is 0 Å². The Labute approximate surface area is 102 Å². The second-order valence-electron chi connectivity index (χ2n) is 3.33. The Balaban J connectivity index is 3.79. The summed E-state index contributed by atoms with van der Waals surface area (Å²) in [6, 6.07) is -1.47. The highest BCUT2D eigenvalue weighted by molar-refractivity contribution is 8.76. The lowest BCUT2D eigenvalue weighted by atomic mass is 10.3. The summed E-state index contributed by atoms with van der Waals surface area (Å²) < 4.78 is 0. The van der Waals surface area contributed by atoms with Gasteiger partial charge in [0.05, 0.1) is 0 Å². The first-order chi connectivity index (χ1) is 7.36. The number of hydrogen-bond donors (Lipinski definition) is 3. The van der Waals surface area contributed by atoms with Crippen molar-refractivity contribution < 1.29 is 19.8 Å². The Kier molecular flexibility index (Phi) is 7.56. The molecule has 1 unspecified atom stereocenters. The fraction of sp³-hybridized carbons (Fsp3) is 0.750. The van der Waals surface area contributed by atoms with Gasteiger partial charge in [0.25, 0.3) is 0 Å². The SMILES string of the molecule is CN(C)[C@@H](CSSCC(N)C(=O)O)C(=O)O. The van der Waals surface area contributed by atoms with E-state index in [0.717, 1.165) is 0 Å². The van der Waals surface area contributed by atoms with Crippen LogP contribution in [0.3, 0.4) is 0 Å². The molecule has 94 valence electrons. The monoisotopic (exact) mass is 268 g/mol. The number of carboxylic acid groups (broad SMARTS) is 2. The van der Waals surface area contributed by atoms with Crippen LogP contribution in [0.5, 0.6) is 0 Å². The van der Waals surface area contributed by atoms with Crippen molar-refractivity contribution in [1.82, 2.24) is 4.90 Å². The molecule has 0 saturated carbocycles. The number of aliphatic carboxylic acids is 2. The van der Waals surface area contributed by atoms with Gasteiger partial charge in [0.2, 0.25) is 0 Å². The van der Waals surface area contributed by atoms with E-state index in [2.05, 4.69) is 0 Å². The molecule has 0 aromatic rings. The molecule has 0 rings (SSSR count). The maximum absolute atomic E-state index is 10.8. The van der Waals surface area contributed by atoms with Gasteiger partial charge < -0.3 is 15.9 Å². The molecule has 0 aromatic heterocycles. The van der Waals surface area contributed by atoms with Crippen LogP contribution < -0.4 is 5.73 Å². The molecule has 0 bridgehead atoms. The topological polar surface area (TPSA) is 104 Å². The zero-order valence-corrected chi connectivity index (χ0v) is 10.8. The Morgan fingerprint density at radius 1 is 1.19 bits per heavy atom. The molecule has 6 nitrogen and oxygen atoms in total. The summed E-state index contributed by atoms with van der Waals surface area (Å²) in [5.74, 6) is -1.28. The van der Waals surface area contributed by atoms with Crippen molar-refractivity contribution in [3.05, 3.63) is 0 Å². The lowest BCUT2D eigenvalue weighted by molar-refractivity contribution is -0.141. The van der Waals surface area contributed by atoms with Crippen molar-refractivity contribution in [2.24, 2.45) is 5.73 Å². The van der Waals surface area contributed by atoms with E-state index in [9.17, 15) is 9.59 Å². The first-order valence-electron chi connectivity index (χ1n) is 4.48. The average Bonchev–Trinajstić information content (AvgIpc) is 2.15. The highest BCUT2D eigenvalue weighted by atomic mass is 33.1. The van der Waals surface area contributed by atoms with Crippen LogP contribution in [0.25, 0.3) is 0 Å². The Morgan fingerprint density at radius 3 is 2.06 bits per heavy atom. The molecule has 8 heteroatoms. The third-order valence-corrected chi connectivity index (χ3v) is 4.21. The molecule has 2 atom stereocenters. The van der Waals surface area contributed by atoms with E-state index in [-0.39, 0.29) is 5.75 Å². The average molecular weight is 268 g/mol. The molecule has 0 aliphatic heterocycles. The predicted molar refractivity (Wildman–Crippen MR) is 65.6 cm³/mol. The molecule has 0 heterocycles. The normalized spacial score (nSPS) is 14.8. The van der Waals surface area contributed by atoms with Crippen LogP contribution in [0.2, 0.25) is 0 Å². The lowest BCUT2D eigenvalue weighted by Gasteiger charge is -2.19. The van der Waals surface area contributed by atoms with Crippen molar-refractivity contribution in [3.8, 4) is 0 Å². The molecule has 0 radical (unpaired) electrons. The molecule has 0 fully saturated rings. The van der Waals surface area contributed by atoms with Gasteiger partial charge in [-0.25, -0.2) is 0 Å². The third-order valence-electron chi connectivity index (χ3n) is 1.78. The van der Waals surface area contributed by atoms with Gasteiger partial charge in [-0.15, -0.1) is 0 Å². The van der Waals surface area contributed by atoms with Crippen LogP contribution in [-0.4, -0.2) is 64.7 Å². The molecule has 16 heavy (non-hydrogen) atoms. The van der Waals surface area contributed by atoms with Crippen molar-refractivity contribution in [1.29, 1.82) is 0 Å². The standard InChI is InChI=1S/C8H16N2O4S2/c1-10(2)6(8(13)14)4-16-15-3-5(9)7(11)12/h5-6H,3-4,9H2,1-2H3,(H,11,12)(H,13,14)/t5?,6-/m0/s1. The molecule has 0 aromatic carbocycles. The summed E-state index contributed by atoms with van der Waals surface area (Å²) in [5.41, 5.74) is 5.29. The van der Waals surface area contributed by atoms with Gasteiger partial charge in [-0.2, -0.15) is 0 Å². The molecule has 0 spiro atoms. The minimum atomic E-state index is -1.05. The quantitative estimate of drug-likeness (QED) is 0.410. The molecular weight excluding hydrogens is 252 g/mol. The molecular formula is C8H16N2O4S2. The largest absolute Gasteiger partial charge is 0.480 e. The van der Waals surface area contributed by atoms with Crippen molar-refractivity contribution in [3.63, 3.8) is 0 Å². The number of nitrogens with zero attached hydrogens (tertiary/aromatic N) is 1. The van der Waals surface area contributed by atoms with Gasteiger partial charge in [-0.1, -0.05) is 21.6 Å². The predicted octanol–water partition coefficient (Wildman–Crippen LogP) is -0.205. The van der Waals surface area contributed by atoms with Crippen molar-refractivity contribution in [2.45, 2.75) is 12.1 Å². The highest BCUT2D eigenvalue weighted by Gasteiger charge is 2.20. The molecule has 0 saturated heterocycles. The zero-order valence-electron chi connectivity index (χ0n) is 9.12. The number of rotatable bonds is 8. The van der Waals surface area contributed by atoms with Gasteiger partial charge in [0.15, 0.2) is 0 Å². The first-order valence-corrected chi connectivity index (χ1v) is 6.97. The van der Waals surface area contributed by atoms with Crippen LogP contribution in [0.4, 0.5) is 0 Å². The van der Waals surface area contributed by atoms with Gasteiger partial charge in [0, 0.05) is 11.5 Å². The smallest absolute Gasteiger partial charge is 0.321 e. The summed E-state index contributed by atoms with van der Waals surface area (Å²) in [4.78, 5) is 22.8. The summed E-state index contributed by atoms with van der Waals surface area (Å²) >= 11 is 0. The van der Waals surface area contributed by atoms with Gasteiger partial charge >= 0.3 is 11.9 Å². The first kappa shape index (κ1) is 15.6. The fourth-order valence-electron chi connectivity index (χ4n) is 0.747. The second kappa shape index (κ2) is 7.77. The highest BCUT2D eigenvalue weighted by Crippen LogP contribution is 2.23. The summed E-state index contributed by atoms with van der Waals surface area (Å²) in [6.07, 6.45) is 0. The minimum Gasteiger partial charge on any atom is -0.480 e. The third kappa shape index (κ3) is 6.21. The molecule has 0 aliphatic carbocycles. The van der Waals surface area contributed by atoms with E-state index in [4.69, 9.17) is 15.9 Å². The van der Waals surface area contributed by atoms with E-state index in [0.29, 0.717) is 5.75 Å². The number of carbonyl (C=O) groups is 2.